The molecule has 0 aliphatic heterocycles. The summed E-state index contributed by atoms with van der Waals surface area (Å²) in [6.07, 6.45) is 0. The van der Waals surface area contributed by atoms with Crippen LogP contribution in [-0.4, -0.2) is 18.3 Å². The maximum Gasteiger partial charge on any atom is 0.225 e. The molecule has 0 aliphatic rings. The Hall–Kier alpha value is -0.400. The van der Waals surface area contributed by atoms with Crippen molar-refractivity contribution in [3.8, 4) is 0 Å². The van der Waals surface area contributed by atoms with Crippen molar-refractivity contribution in [2.45, 2.75) is 6.92 Å². The summed E-state index contributed by atoms with van der Waals surface area (Å²) in [6, 6.07) is 1.51. The molecule has 1 aromatic heterocycles. The molecule has 0 fully saturated rings. The van der Waals surface area contributed by atoms with Crippen LogP contribution in [0, 0.1) is 12.9 Å². The standard InChI is InChI=1S/C8H10ClFNOP/c1-5-4-6(9)11-8(10)7(5)13(2,3)12/h4H,1-3H3. The van der Waals surface area contributed by atoms with Gasteiger partial charge in [-0.25, -0.2) is 4.98 Å². The number of halogens is 2. The lowest BCUT2D eigenvalue weighted by molar-refractivity contribution is 0.575. The molecule has 72 valence electrons. The Bertz CT molecular complexity index is 365. The quantitative estimate of drug-likeness (QED) is 0.539. The lowest BCUT2D eigenvalue weighted by Gasteiger charge is -2.10. The van der Waals surface area contributed by atoms with E-state index in [0.29, 0.717) is 5.56 Å². The highest BCUT2D eigenvalue weighted by Gasteiger charge is 2.20. The smallest absolute Gasteiger partial charge is 0.225 e. The van der Waals surface area contributed by atoms with E-state index in [1.807, 2.05) is 0 Å². The van der Waals surface area contributed by atoms with Crippen molar-refractivity contribution in [3.63, 3.8) is 0 Å². The van der Waals surface area contributed by atoms with Gasteiger partial charge in [-0.2, -0.15) is 4.39 Å². The minimum Gasteiger partial charge on any atom is -0.319 e. The Labute approximate surface area is 81.5 Å². The third-order valence-corrected chi connectivity index (χ3v) is 3.46. The summed E-state index contributed by atoms with van der Waals surface area (Å²) in [5.74, 6) is -0.724. The zero-order chi connectivity index (χ0) is 10.2. The van der Waals surface area contributed by atoms with Crippen molar-refractivity contribution in [1.29, 1.82) is 0 Å². The van der Waals surface area contributed by atoms with Gasteiger partial charge in [0.25, 0.3) is 0 Å². The van der Waals surface area contributed by atoms with Crippen molar-refractivity contribution in [2.75, 3.05) is 13.3 Å². The summed E-state index contributed by atoms with van der Waals surface area (Å²) < 4.78 is 24.9. The number of nitrogens with zero attached hydrogens (tertiary/aromatic N) is 1. The summed E-state index contributed by atoms with van der Waals surface area (Å²) in [5.41, 5.74) is 0.589. The Morgan fingerprint density at radius 2 is 2.08 bits per heavy atom. The maximum atomic E-state index is 13.2. The minimum absolute atomic E-state index is 0.0900. The molecular formula is C8H10ClFNOP. The van der Waals surface area contributed by atoms with Crippen LogP contribution in [0.25, 0.3) is 0 Å². The third kappa shape index (κ3) is 2.29. The van der Waals surface area contributed by atoms with E-state index >= 15 is 0 Å². The molecule has 0 aromatic carbocycles. The summed E-state index contributed by atoms with van der Waals surface area (Å²) >= 11 is 5.53. The first kappa shape index (κ1) is 10.7. The molecule has 5 heteroatoms. The highest BCUT2D eigenvalue weighted by Crippen LogP contribution is 2.37. The summed E-state index contributed by atoms with van der Waals surface area (Å²) in [5, 5.41) is 0.282. The lowest BCUT2D eigenvalue weighted by atomic mass is 10.3. The van der Waals surface area contributed by atoms with Crippen molar-refractivity contribution < 1.29 is 8.96 Å². The molecule has 0 spiro atoms. The molecule has 0 unspecified atom stereocenters. The van der Waals surface area contributed by atoms with Gasteiger partial charge in [-0.3, -0.25) is 0 Å². The normalized spacial score (nSPS) is 11.8. The molecule has 0 saturated carbocycles. The van der Waals surface area contributed by atoms with Crippen molar-refractivity contribution in [3.05, 3.63) is 22.7 Å². The van der Waals surface area contributed by atoms with E-state index in [4.69, 9.17) is 11.6 Å². The number of hydrogen-bond donors (Lipinski definition) is 0. The van der Waals surface area contributed by atoms with E-state index in [0.717, 1.165) is 0 Å². The number of rotatable bonds is 1. The average molecular weight is 222 g/mol. The van der Waals surface area contributed by atoms with E-state index < -0.39 is 13.1 Å². The monoisotopic (exact) mass is 221 g/mol. The third-order valence-electron chi connectivity index (χ3n) is 1.65. The first-order valence-corrected chi connectivity index (χ1v) is 6.68. The Morgan fingerprint density at radius 3 is 2.46 bits per heavy atom. The molecule has 2 nitrogen and oxygen atoms in total. The zero-order valence-corrected chi connectivity index (χ0v) is 9.29. The van der Waals surface area contributed by atoms with Gasteiger partial charge in [0.15, 0.2) is 0 Å². The molecule has 1 heterocycles. The molecule has 0 aliphatic carbocycles. The fourth-order valence-electron chi connectivity index (χ4n) is 1.24. The minimum atomic E-state index is -2.61. The second-order valence-electron chi connectivity index (χ2n) is 3.25. The molecule has 0 bridgehead atoms. The van der Waals surface area contributed by atoms with Gasteiger partial charge in [-0.1, -0.05) is 11.6 Å². The summed E-state index contributed by atoms with van der Waals surface area (Å²) in [7, 11) is -2.61. The highest BCUT2D eigenvalue weighted by molar-refractivity contribution is 7.70. The van der Waals surface area contributed by atoms with Crippen LogP contribution in [0.4, 0.5) is 4.39 Å². The first-order chi connectivity index (χ1) is 5.82. The van der Waals surface area contributed by atoms with Crippen LogP contribution in [0.1, 0.15) is 5.56 Å². The van der Waals surface area contributed by atoms with Crippen LogP contribution in [0.2, 0.25) is 5.15 Å². The number of pyridine rings is 1. The molecular weight excluding hydrogens is 212 g/mol. The van der Waals surface area contributed by atoms with Gasteiger partial charge in [0.2, 0.25) is 5.95 Å². The van der Waals surface area contributed by atoms with Gasteiger partial charge in [0.1, 0.15) is 12.3 Å². The van der Waals surface area contributed by atoms with Gasteiger partial charge in [-0.05, 0) is 31.9 Å². The van der Waals surface area contributed by atoms with Crippen molar-refractivity contribution in [1.82, 2.24) is 4.98 Å². The van der Waals surface area contributed by atoms with Gasteiger partial charge in [0, 0.05) is 0 Å². The molecule has 0 amide bonds. The Kier molecular flexibility index (Phi) is 2.79. The second-order valence-corrected chi connectivity index (χ2v) is 6.79. The van der Waals surface area contributed by atoms with Gasteiger partial charge in [-0.15, -0.1) is 0 Å². The van der Waals surface area contributed by atoms with Crippen LogP contribution in [0.3, 0.4) is 0 Å². The predicted molar refractivity (Wildman–Crippen MR) is 53.0 cm³/mol. The molecule has 0 saturated heterocycles. The van der Waals surface area contributed by atoms with Crippen molar-refractivity contribution >= 4 is 24.0 Å². The van der Waals surface area contributed by atoms with E-state index in [-0.39, 0.29) is 10.5 Å². The summed E-state index contributed by atoms with van der Waals surface area (Å²) in [6.45, 7) is 4.69. The summed E-state index contributed by atoms with van der Waals surface area (Å²) in [4.78, 5) is 3.43. The van der Waals surface area contributed by atoms with Gasteiger partial charge < -0.3 is 4.57 Å². The van der Waals surface area contributed by atoms with Crippen molar-refractivity contribution in [2.24, 2.45) is 0 Å². The fourth-order valence-corrected chi connectivity index (χ4v) is 2.88. The molecule has 0 atom stereocenters. The van der Waals surface area contributed by atoms with E-state index in [1.54, 1.807) is 6.92 Å². The van der Waals surface area contributed by atoms with E-state index in [1.165, 1.54) is 19.4 Å². The molecule has 1 aromatic rings. The highest BCUT2D eigenvalue weighted by atomic mass is 35.5. The first-order valence-electron chi connectivity index (χ1n) is 3.70. The molecule has 0 radical (unpaired) electrons. The van der Waals surface area contributed by atoms with E-state index in [9.17, 15) is 8.96 Å². The zero-order valence-electron chi connectivity index (χ0n) is 7.64. The molecule has 1 rings (SSSR count). The Balaban J connectivity index is 3.47. The van der Waals surface area contributed by atoms with Gasteiger partial charge in [0.05, 0.1) is 5.30 Å². The number of aryl methyl sites for hydroxylation is 1. The van der Waals surface area contributed by atoms with Crippen LogP contribution in [0.5, 0.6) is 0 Å². The molecule has 0 N–H and O–H groups in total. The second kappa shape index (κ2) is 3.39. The fraction of sp³-hybridized carbons (Fsp3) is 0.375. The largest absolute Gasteiger partial charge is 0.319 e. The predicted octanol–water partition coefficient (Wildman–Crippen LogP) is 2.43. The number of hydrogen-bond acceptors (Lipinski definition) is 2. The van der Waals surface area contributed by atoms with Crippen LogP contribution < -0.4 is 5.30 Å². The van der Waals surface area contributed by atoms with Gasteiger partial charge >= 0.3 is 0 Å². The lowest BCUT2D eigenvalue weighted by Crippen LogP contribution is -2.14. The van der Waals surface area contributed by atoms with E-state index in [2.05, 4.69) is 4.98 Å². The molecule has 13 heavy (non-hydrogen) atoms. The van der Waals surface area contributed by atoms with Crippen LogP contribution >= 0.6 is 18.7 Å². The topological polar surface area (TPSA) is 30.0 Å². The Morgan fingerprint density at radius 1 is 1.54 bits per heavy atom. The maximum absolute atomic E-state index is 13.2. The van der Waals surface area contributed by atoms with Crippen LogP contribution in [-0.2, 0) is 4.57 Å². The number of aromatic nitrogens is 1. The van der Waals surface area contributed by atoms with Crippen LogP contribution in [0.15, 0.2) is 6.07 Å². The average Bonchev–Trinajstić information content (AvgIpc) is 1.78. The SMILES string of the molecule is Cc1cc(Cl)nc(F)c1P(C)(C)=O.